The minimum Gasteiger partial charge on any atom is -0.357 e. The highest BCUT2D eigenvalue weighted by molar-refractivity contribution is 7.11. The van der Waals surface area contributed by atoms with E-state index in [1.54, 1.807) is 0 Å². The second kappa shape index (κ2) is 10.0. The first-order chi connectivity index (χ1) is 11.6. The van der Waals surface area contributed by atoms with Crippen LogP contribution < -0.4 is 10.6 Å². The number of aliphatic imine (C=N–C) groups is 1. The summed E-state index contributed by atoms with van der Waals surface area (Å²) in [5, 5.41) is 6.85. The number of piperazine rings is 1. The van der Waals surface area contributed by atoms with E-state index < -0.39 is 0 Å². The molecule has 24 heavy (non-hydrogen) atoms. The molecule has 0 spiro atoms. The molecule has 1 aromatic heterocycles. The first-order valence-electron chi connectivity index (χ1n) is 9.05. The van der Waals surface area contributed by atoms with Gasteiger partial charge in [0, 0.05) is 55.6 Å². The van der Waals surface area contributed by atoms with Crippen molar-refractivity contribution in [2.45, 2.75) is 27.3 Å². The van der Waals surface area contributed by atoms with Crippen LogP contribution in [0.4, 0.5) is 0 Å². The molecular weight excluding hydrogens is 318 g/mol. The van der Waals surface area contributed by atoms with Gasteiger partial charge in [-0.25, -0.2) is 4.99 Å². The van der Waals surface area contributed by atoms with E-state index in [0.29, 0.717) is 5.92 Å². The third-order valence-corrected chi connectivity index (χ3v) is 5.30. The third kappa shape index (κ3) is 6.79. The molecule has 0 aliphatic carbocycles. The lowest BCUT2D eigenvalue weighted by Gasteiger charge is -2.34. The van der Waals surface area contributed by atoms with Gasteiger partial charge in [-0.1, -0.05) is 6.92 Å². The standard InChI is InChI=1S/C18H33N5S/c1-5-19-18(21-13-17-7-6-16(3)24-17)20-12-15(2)14-23-10-8-22(4)9-11-23/h6-7,15H,5,8-14H2,1-4H3,(H2,19,20,21). The van der Waals surface area contributed by atoms with Crippen molar-refractivity contribution < 1.29 is 0 Å². The number of aryl methyl sites for hydroxylation is 1. The Morgan fingerprint density at radius 1 is 1.25 bits per heavy atom. The normalized spacial score (nSPS) is 18.6. The minimum atomic E-state index is 0.612. The van der Waals surface area contributed by atoms with Gasteiger partial charge in [0.2, 0.25) is 0 Å². The van der Waals surface area contributed by atoms with Crippen LogP contribution in [0.1, 0.15) is 23.6 Å². The van der Waals surface area contributed by atoms with Crippen molar-refractivity contribution in [3.63, 3.8) is 0 Å². The first-order valence-corrected chi connectivity index (χ1v) is 9.87. The summed E-state index contributed by atoms with van der Waals surface area (Å²) < 4.78 is 0. The average molecular weight is 352 g/mol. The SMILES string of the molecule is CCNC(=NCc1ccc(C)s1)NCC(C)CN1CCN(C)CC1. The zero-order valence-corrected chi connectivity index (χ0v) is 16.5. The third-order valence-electron chi connectivity index (χ3n) is 4.32. The Hall–Kier alpha value is -1.11. The Morgan fingerprint density at radius 2 is 2.00 bits per heavy atom. The smallest absolute Gasteiger partial charge is 0.191 e. The van der Waals surface area contributed by atoms with Crippen molar-refractivity contribution in [1.82, 2.24) is 20.4 Å². The molecule has 1 aliphatic heterocycles. The summed E-state index contributed by atoms with van der Waals surface area (Å²) in [7, 11) is 2.20. The van der Waals surface area contributed by atoms with Crippen molar-refractivity contribution >= 4 is 17.3 Å². The van der Waals surface area contributed by atoms with Crippen LogP contribution in [0, 0.1) is 12.8 Å². The molecule has 0 saturated carbocycles. The molecule has 2 N–H and O–H groups in total. The minimum absolute atomic E-state index is 0.612. The predicted molar refractivity (Wildman–Crippen MR) is 105 cm³/mol. The van der Waals surface area contributed by atoms with Crippen LogP contribution in [0.5, 0.6) is 0 Å². The van der Waals surface area contributed by atoms with Gasteiger partial charge in [-0.3, -0.25) is 0 Å². The maximum atomic E-state index is 4.71. The molecule has 1 aromatic rings. The molecule has 136 valence electrons. The number of nitrogens with one attached hydrogen (secondary N) is 2. The van der Waals surface area contributed by atoms with Gasteiger partial charge < -0.3 is 20.4 Å². The summed E-state index contributed by atoms with van der Waals surface area (Å²) in [6.07, 6.45) is 0. The van der Waals surface area contributed by atoms with Crippen LogP contribution in [0.25, 0.3) is 0 Å². The number of likely N-dealkylation sites (N-methyl/N-ethyl adjacent to an activating group) is 1. The lowest BCUT2D eigenvalue weighted by molar-refractivity contribution is 0.139. The molecule has 1 atom stereocenters. The van der Waals surface area contributed by atoms with Gasteiger partial charge in [-0.15, -0.1) is 11.3 Å². The number of hydrogen-bond acceptors (Lipinski definition) is 4. The van der Waals surface area contributed by atoms with Crippen LogP contribution in [-0.4, -0.2) is 68.6 Å². The number of rotatable bonds is 7. The zero-order chi connectivity index (χ0) is 17.4. The van der Waals surface area contributed by atoms with Crippen molar-refractivity contribution in [2.24, 2.45) is 10.9 Å². The average Bonchev–Trinajstić information content (AvgIpc) is 2.98. The molecule has 0 amide bonds. The van der Waals surface area contributed by atoms with Crippen LogP contribution in [0.3, 0.4) is 0 Å². The molecule has 0 bridgehead atoms. The summed E-state index contributed by atoms with van der Waals surface area (Å²) in [4.78, 5) is 12.4. The molecule has 1 unspecified atom stereocenters. The fraction of sp³-hybridized carbons (Fsp3) is 0.722. The number of guanidine groups is 1. The van der Waals surface area contributed by atoms with E-state index in [1.807, 2.05) is 11.3 Å². The van der Waals surface area contributed by atoms with E-state index in [9.17, 15) is 0 Å². The van der Waals surface area contributed by atoms with Crippen LogP contribution in [-0.2, 0) is 6.54 Å². The van der Waals surface area contributed by atoms with E-state index in [1.165, 1.54) is 35.9 Å². The van der Waals surface area contributed by atoms with E-state index in [2.05, 4.69) is 60.4 Å². The van der Waals surface area contributed by atoms with Crippen LogP contribution in [0.2, 0.25) is 0 Å². The molecule has 0 radical (unpaired) electrons. The second-order valence-corrected chi connectivity index (χ2v) is 8.17. The fourth-order valence-corrected chi connectivity index (χ4v) is 3.69. The maximum absolute atomic E-state index is 4.71. The molecule has 5 nitrogen and oxygen atoms in total. The summed E-state index contributed by atoms with van der Waals surface area (Å²) in [6, 6.07) is 4.33. The predicted octanol–water partition coefficient (Wildman–Crippen LogP) is 2.00. The highest BCUT2D eigenvalue weighted by atomic mass is 32.1. The quantitative estimate of drug-likeness (QED) is 0.582. The second-order valence-electron chi connectivity index (χ2n) is 6.80. The van der Waals surface area contributed by atoms with E-state index >= 15 is 0 Å². The Balaban J connectivity index is 1.75. The molecule has 6 heteroatoms. The van der Waals surface area contributed by atoms with Gasteiger partial charge >= 0.3 is 0 Å². The number of nitrogens with zero attached hydrogens (tertiary/aromatic N) is 3. The summed E-state index contributed by atoms with van der Waals surface area (Å²) in [6.45, 7) is 15.1. The maximum Gasteiger partial charge on any atom is 0.191 e. The highest BCUT2D eigenvalue weighted by Gasteiger charge is 2.16. The topological polar surface area (TPSA) is 42.9 Å². The molecule has 0 aromatic carbocycles. The fourth-order valence-electron chi connectivity index (χ4n) is 2.88. The van der Waals surface area contributed by atoms with E-state index in [0.717, 1.165) is 32.1 Å². The van der Waals surface area contributed by atoms with Crippen molar-refractivity contribution in [3.8, 4) is 0 Å². The van der Waals surface area contributed by atoms with Crippen molar-refractivity contribution in [3.05, 3.63) is 21.9 Å². The zero-order valence-electron chi connectivity index (χ0n) is 15.6. The van der Waals surface area contributed by atoms with Crippen molar-refractivity contribution in [2.75, 3.05) is 52.9 Å². The molecule has 1 saturated heterocycles. The molecule has 2 heterocycles. The number of hydrogen-bond donors (Lipinski definition) is 2. The highest BCUT2D eigenvalue weighted by Crippen LogP contribution is 2.15. The van der Waals surface area contributed by atoms with Gasteiger partial charge in [0.05, 0.1) is 6.54 Å². The van der Waals surface area contributed by atoms with Gasteiger partial charge in [0.1, 0.15) is 0 Å². The van der Waals surface area contributed by atoms with E-state index in [4.69, 9.17) is 4.99 Å². The van der Waals surface area contributed by atoms with Gasteiger partial charge in [0.15, 0.2) is 5.96 Å². The monoisotopic (exact) mass is 351 g/mol. The van der Waals surface area contributed by atoms with Gasteiger partial charge in [-0.2, -0.15) is 0 Å². The van der Waals surface area contributed by atoms with E-state index in [-0.39, 0.29) is 0 Å². The van der Waals surface area contributed by atoms with Gasteiger partial charge in [0.25, 0.3) is 0 Å². The van der Waals surface area contributed by atoms with Crippen LogP contribution in [0.15, 0.2) is 17.1 Å². The number of thiophene rings is 1. The Kier molecular flexibility index (Phi) is 8.02. The Morgan fingerprint density at radius 3 is 2.62 bits per heavy atom. The largest absolute Gasteiger partial charge is 0.357 e. The van der Waals surface area contributed by atoms with Crippen LogP contribution >= 0.6 is 11.3 Å². The molecule has 2 rings (SSSR count). The summed E-state index contributed by atoms with van der Waals surface area (Å²) in [5.41, 5.74) is 0. The first kappa shape index (κ1) is 19.2. The molecular formula is C18H33N5S. The summed E-state index contributed by atoms with van der Waals surface area (Å²) >= 11 is 1.82. The Bertz CT molecular complexity index is 505. The van der Waals surface area contributed by atoms with Gasteiger partial charge in [-0.05, 0) is 38.9 Å². The molecule has 1 fully saturated rings. The molecule has 1 aliphatic rings. The lowest BCUT2D eigenvalue weighted by Crippen LogP contribution is -2.47. The Labute approximate surface area is 151 Å². The lowest BCUT2D eigenvalue weighted by atomic mass is 10.1. The van der Waals surface area contributed by atoms with Crippen molar-refractivity contribution in [1.29, 1.82) is 0 Å². The summed E-state index contributed by atoms with van der Waals surface area (Å²) in [5.74, 6) is 1.54.